The predicted molar refractivity (Wildman–Crippen MR) is 71.7 cm³/mol. The number of Topliss-reactive ketones (excluding diaryl/α,β-unsaturated/α-hetero) is 1. The van der Waals surface area contributed by atoms with Crippen LogP contribution in [0, 0.1) is 5.41 Å². The van der Waals surface area contributed by atoms with E-state index in [4.69, 9.17) is 0 Å². The number of ketones is 1. The SMILES string of the molecule is CN1C(=O)C(=O)C2(CC(=O)N(Cc3ccccc3)C2)C1=O. The molecule has 2 heterocycles. The summed E-state index contributed by atoms with van der Waals surface area (Å²) in [5, 5.41) is 0. The van der Waals surface area contributed by atoms with E-state index >= 15 is 0 Å². The molecular weight excluding hydrogens is 272 g/mol. The second-order valence-corrected chi connectivity index (χ2v) is 5.49. The Morgan fingerprint density at radius 1 is 1.10 bits per heavy atom. The summed E-state index contributed by atoms with van der Waals surface area (Å²) in [6.07, 6.45) is -0.215. The zero-order valence-corrected chi connectivity index (χ0v) is 11.5. The van der Waals surface area contributed by atoms with Crippen molar-refractivity contribution in [3.8, 4) is 0 Å². The van der Waals surface area contributed by atoms with Crippen molar-refractivity contribution in [3.05, 3.63) is 35.9 Å². The summed E-state index contributed by atoms with van der Waals surface area (Å²) in [4.78, 5) is 50.4. The summed E-state index contributed by atoms with van der Waals surface area (Å²) in [5.74, 6) is -2.43. The quantitative estimate of drug-likeness (QED) is 0.435. The number of nitrogens with zero attached hydrogens (tertiary/aromatic N) is 2. The molecule has 0 N–H and O–H groups in total. The molecule has 3 amide bonds. The van der Waals surface area contributed by atoms with Gasteiger partial charge in [0, 0.05) is 20.1 Å². The highest BCUT2D eigenvalue weighted by atomic mass is 16.2. The van der Waals surface area contributed by atoms with Crippen molar-refractivity contribution < 1.29 is 19.2 Å². The highest BCUT2D eigenvalue weighted by molar-refractivity contribution is 6.50. The molecule has 2 aliphatic rings. The summed E-state index contributed by atoms with van der Waals surface area (Å²) >= 11 is 0. The Labute approximate surface area is 121 Å². The maximum atomic E-state index is 12.2. The molecule has 2 saturated heterocycles. The van der Waals surface area contributed by atoms with E-state index < -0.39 is 23.0 Å². The average Bonchev–Trinajstić information content (AvgIpc) is 2.89. The number of amides is 3. The summed E-state index contributed by atoms with van der Waals surface area (Å²) in [5.41, 5.74) is -0.585. The molecule has 1 atom stereocenters. The van der Waals surface area contributed by atoms with E-state index in [1.165, 1.54) is 11.9 Å². The Morgan fingerprint density at radius 2 is 1.76 bits per heavy atom. The largest absolute Gasteiger partial charge is 0.337 e. The fourth-order valence-corrected chi connectivity index (χ4v) is 2.95. The van der Waals surface area contributed by atoms with Crippen LogP contribution in [0.15, 0.2) is 30.3 Å². The molecule has 0 aromatic heterocycles. The van der Waals surface area contributed by atoms with Crippen LogP contribution < -0.4 is 0 Å². The van der Waals surface area contributed by atoms with Crippen LogP contribution in [0.2, 0.25) is 0 Å². The first kappa shape index (κ1) is 13.5. The molecule has 3 rings (SSSR count). The van der Waals surface area contributed by atoms with E-state index in [9.17, 15) is 19.2 Å². The monoisotopic (exact) mass is 286 g/mol. The average molecular weight is 286 g/mol. The van der Waals surface area contributed by atoms with Crippen LogP contribution >= 0.6 is 0 Å². The number of rotatable bonds is 2. The second-order valence-electron chi connectivity index (χ2n) is 5.49. The first-order chi connectivity index (χ1) is 9.95. The number of likely N-dealkylation sites (tertiary alicyclic amines) is 2. The maximum Gasteiger partial charge on any atom is 0.297 e. The van der Waals surface area contributed by atoms with E-state index in [-0.39, 0.29) is 18.9 Å². The van der Waals surface area contributed by atoms with Crippen molar-refractivity contribution in [2.45, 2.75) is 13.0 Å². The third kappa shape index (κ3) is 1.86. The van der Waals surface area contributed by atoms with Crippen LogP contribution in [0.5, 0.6) is 0 Å². The van der Waals surface area contributed by atoms with E-state index in [2.05, 4.69) is 0 Å². The molecule has 0 saturated carbocycles. The van der Waals surface area contributed by atoms with E-state index in [0.717, 1.165) is 10.5 Å². The number of hydrogen-bond acceptors (Lipinski definition) is 4. The summed E-state index contributed by atoms with van der Waals surface area (Å²) in [7, 11) is 1.28. The summed E-state index contributed by atoms with van der Waals surface area (Å²) < 4.78 is 0. The minimum atomic E-state index is -1.50. The molecular formula is C15H14N2O4. The summed E-state index contributed by atoms with van der Waals surface area (Å²) in [6, 6.07) is 9.32. The van der Waals surface area contributed by atoms with E-state index in [1.807, 2.05) is 30.3 Å². The fraction of sp³-hybridized carbons (Fsp3) is 0.333. The van der Waals surface area contributed by atoms with E-state index in [0.29, 0.717) is 6.54 Å². The minimum absolute atomic E-state index is 0.0194. The Kier molecular flexibility index (Phi) is 2.90. The fourth-order valence-electron chi connectivity index (χ4n) is 2.95. The Morgan fingerprint density at radius 3 is 2.33 bits per heavy atom. The van der Waals surface area contributed by atoms with Crippen molar-refractivity contribution >= 4 is 23.5 Å². The van der Waals surface area contributed by atoms with Crippen molar-refractivity contribution in [2.75, 3.05) is 13.6 Å². The predicted octanol–water partition coefficient (Wildman–Crippen LogP) is -0.0270. The third-order valence-corrected chi connectivity index (χ3v) is 4.13. The molecule has 0 aliphatic carbocycles. The number of carbonyl (C=O) groups excluding carboxylic acids is 4. The van der Waals surface area contributed by atoms with Crippen molar-refractivity contribution in [2.24, 2.45) is 5.41 Å². The number of hydrogen-bond donors (Lipinski definition) is 0. The van der Waals surface area contributed by atoms with Gasteiger partial charge in [-0.3, -0.25) is 24.1 Å². The van der Waals surface area contributed by atoms with Gasteiger partial charge in [-0.15, -0.1) is 0 Å². The van der Waals surface area contributed by atoms with E-state index in [1.54, 1.807) is 0 Å². The van der Waals surface area contributed by atoms with Gasteiger partial charge in [0.2, 0.25) is 17.6 Å². The van der Waals surface area contributed by atoms with Gasteiger partial charge in [-0.25, -0.2) is 0 Å². The van der Waals surface area contributed by atoms with Gasteiger partial charge in [0.05, 0.1) is 6.42 Å². The van der Waals surface area contributed by atoms with Gasteiger partial charge in [0.15, 0.2) is 0 Å². The maximum absolute atomic E-state index is 12.2. The van der Waals surface area contributed by atoms with Crippen LogP contribution in [0.25, 0.3) is 0 Å². The Hall–Kier alpha value is -2.50. The van der Waals surface area contributed by atoms with Crippen molar-refractivity contribution in [3.63, 3.8) is 0 Å². The molecule has 2 aliphatic heterocycles. The lowest BCUT2D eigenvalue weighted by atomic mass is 9.84. The number of imide groups is 1. The lowest BCUT2D eigenvalue weighted by Crippen LogP contribution is -2.38. The zero-order valence-electron chi connectivity index (χ0n) is 11.5. The highest BCUT2D eigenvalue weighted by Crippen LogP contribution is 2.39. The first-order valence-electron chi connectivity index (χ1n) is 6.64. The van der Waals surface area contributed by atoms with Crippen LogP contribution in [0.3, 0.4) is 0 Å². The Bertz CT molecular complexity index is 655. The molecule has 2 fully saturated rings. The van der Waals surface area contributed by atoms with Crippen LogP contribution in [0.4, 0.5) is 0 Å². The van der Waals surface area contributed by atoms with Gasteiger partial charge in [-0.1, -0.05) is 30.3 Å². The first-order valence-corrected chi connectivity index (χ1v) is 6.64. The standard InChI is InChI=1S/C15H14N2O4/c1-16-13(20)12(19)15(14(16)21)7-11(18)17(9-15)8-10-5-3-2-4-6-10/h2-6H,7-9H2,1H3. The van der Waals surface area contributed by atoms with Crippen LogP contribution in [-0.2, 0) is 25.7 Å². The van der Waals surface area contributed by atoms with Gasteiger partial charge in [-0.2, -0.15) is 0 Å². The van der Waals surface area contributed by atoms with Gasteiger partial charge in [-0.05, 0) is 5.56 Å². The number of likely N-dealkylation sites (N-methyl/N-ethyl adjacent to an activating group) is 1. The number of carbonyl (C=O) groups is 4. The van der Waals surface area contributed by atoms with Crippen molar-refractivity contribution in [1.29, 1.82) is 0 Å². The minimum Gasteiger partial charge on any atom is -0.337 e. The van der Waals surface area contributed by atoms with Gasteiger partial charge >= 0.3 is 0 Å². The second kappa shape index (κ2) is 4.51. The molecule has 0 radical (unpaired) electrons. The molecule has 6 heteroatoms. The third-order valence-electron chi connectivity index (χ3n) is 4.13. The van der Waals surface area contributed by atoms with Gasteiger partial charge in [0.1, 0.15) is 5.41 Å². The van der Waals surface area contributed by atoms with Gasteiger partial charge in [0.25, 0.3) is 5.91 Å². The lowest BCUT2D eigenvalue weighted by molar-refractivity contribution is -0.142. The Balaban J connectivity index is 1.86. The molecule has 0 bridgehead atoms. The molecule has 1 aromatic rings. The molecule has 1 spiro atoms. The normalized spacial score (nSPS) is 25.6. The topological polar surface area (TPSA) is 74.8 Å². The number of benzene rings is 1. The van der Waals surface area contributed by atoms with Crippen LogP contribution in [0.1, 0.15) is 12.0 Å². The molecule has 1 aromatic carbocycles. The molecule has 21 heavy (non-hydrogen) atoms. The zero-order chi connectivity index (χ0) is 15.2. The summed E-state index contributed by atoms with van der Waals surface area (Å²) in [6.45, 7) is 0.314. The highest BCUT2D eigenvalue weighted by Gasteiger charge is 2.63. The molecule has 108 valence electrons. The molecule has 6 nitrogen and oxygen atoms in total. The lowest BCUT2D eigenvalue weighted by Gasteiger charge is -2.19. The smallest absolute Gasteiger partial charge is 0.297 e. The van der Waals surface area contributed by atoms with Gasteiger partial charge < -0.3 is 4.90 Å². The van der Waals surface area contributed by atoms with Crippen LogP contribution in [-0.4, -0.2) is 46.9 Å². The van der Waals surface area contributed by atoms with Crippen molar-refractivity contribution in [1.82, 2.24) is 9.80 Å². The molecule has 1 unspecified atom stereocenters.